The van der Waals surface area contributed by atoms with Gasteiger partial charge in [0, 0.05) is 18.9 Å². The van der Waals surface area contributed by atoms with Crippen LogP contribution in [0.1, 0.15) is 5.56 Å². The van der Waals surface area contributed by atoms with Crippen LogP contribution < -0.4 is 10.1 Å². The largest absolute Gasteiger partial charge is 0.489 e. The summed E-state index contributed by atoms with van der Waals surface area (Å²) in [4.78, 5) is 3.92. The molecule has 2 rings (SSSR count). The summed E-state index contributed by atoms with van der Waals surface area (Å²) in [6.45, 7) is 1.71. The van der Waals surface area contributed by atoms with Crippen LogP contribution in [0.15, 0.2) is 36.9 Å². The van der Waals surface area contributed by atoms with Crippen molar-refractivity contribution in [1.82, 2.24) is 14.9 Å². The summed E-state index contributed by atoms with van der Waals surface area (Å²) in [6.07, 6.45) is 5.25. The maximum atomic E-state index is 13.7. The first-order valence-corrected chi connectivity index (χ1v) is 5.81. The molecule has 0 aliphatic carbocycles. The number of hydrogen-bond donors (Lipinski definition) is 1. The molecule has 18 heavy (non-hydrogen) atoms. The molecular formula is C13H16FN3O. The fraction of sp³-hybridized carbons (Fsp3) is 0.308. The van der Waals surface area contributed by atoms with Gasteiger partial charge in [-0.15, -0.1) is 0 Å². The zero-order valence-corrected chi connectivity index (χ0v) is 10.3. The van der Waals surface area contributed by atoms with Crippen molar-refractivity contribution in [1.29, 1.82) is 0 Å². The molecule has 1 N–H and O–H groups in total. The van der Waals surface area contributed by atoms with Gasteiger partial charge >= 0.3 is 0 Å². The molecule has 0 atom stereocenters. The third-order valence-electron chi connectivity index (χ3n) is 2.54. The van der Waals surface area contributed by atoms with E-state index in [1.807, 2.05) is 23.9 Å². The molecule has 0 unspecified atom stereocenters. The van der Waals surface area contributed by atoms with E-state index in [4.69, 9.17) is 4.74 Å². The highest BCUT2D eigenvalue weighted by Gasteiger charge is 2.04. The second-order valence-corrected chi connectivity index (χ2v) is 3.94. The van der Waals surface area contributed by atoms with Crippen molar-refractivity contribution in [2.45, 2.75) is 13.1 Å². The topological polar surface area (TPSA) is 39.1 Å². The molecule has 0 aliphatic heterocycles. The van der Waals surface area contributed by atoms with Gasteiger partial charge in [0.1, 0.15) is 6.61 Å². The predicted octanol–water partition coefficient (Wildman–Crippen LogP) is 1.82. The van der Waals surface area contributed by atoms with Crippen molar-refractivity contribution in [3.8, 4) is 5.75 Å². The van der Waals surface area contributed by atoms with Gasteiger partial charge in [-0.2, -0.15) is 0 Å². The predicted molar refractivity (Wildman–Crippen MR) is 66.9 cm³/mol. The van der Waals surface area contributed by atoms with Gasteiger partial charge in [0.15, 0.2) is 11.6 Å². The van der Waals surface area contributed by atoms with Gasteiger partial charge in [0.2, 0.25) is 0 Å². The summed E-state index contributed by atoms with van der Waals surface area (Å²) in [7, 11) is 1.83. The van der Waals surface area contributed by atoms with Crippen molar-refractivity contribution >= 4 is 0 Å². The molecule has 0 radical (unpaired) electrons. The molecule has 5 heteroatoms. The second-order valence-electron chi connectivity index (χ2n) is 3.94. The number of halogens is 1. The number of hydrogen-bond acceptors (Lipinski definition) is 3. The Kier molecular flexibility index (Phi) is 4.30. The smallest absolute Gasteiger partial charge is 0.165 e. The first kappa shape index (κ1) is 12.6. The molecule has 0 aliphatic rings. The molecule has 0 amide bonds. The van der Waals surface area contributed by atoms with Gasteiger partial charge in [-0.3, -0.25) is 0 Å². The SMILES string of the molecule is CNCc1ccc(OCCn2ccnc2)c(F)c1. The lowest BCUT2D eigenvalue weighted by molar-refractivity contribution is 0.284. The van der Waals surface area contributed by atoms with Crippen molar-refractivity contribution in [3.63, 3.8) is 0 Å². The van der Waals surface area contributed by atoms with Crippen molar-refractivity contribution in [2.75, 3.05) is 13.7 Å². The van der Waals surface area contributed by atoms with E-state index in [1.54, 1.807) is 18.6 Å². The highest BCUT2D eigenvalue weighted by molar-refractivity contribution is 5.29. The summed E-state index contributed by atoms with van der Waals surface area (Å²) < 4.78 is 20.9. The fourth-order valence-corrected chi connectivity index (χ4v) is 1.66. The van der Waals surface area contributed by atoms with Crippen LogP contribution in [0.5, 0.6) is 5.75 Å². The van der Waals surface area contributed by atoms with Crippen LogP contribution in [0.25, 0.3) is 0 Å². The first-order chi connectivity index (χ1) is 8.79. The van der Waals surface area contributed by atoms with Crippen molar-refractivity contribution < 1.29 is 9.13 Å². The summed E-state index contributed by atoms with van der Waals surface area (Å²) in [5.74, 6) is -0.0386. The summed E-state index contributed by atoms with van der Waals surface area (Å²) >= 11 is 0. The lowest BCUT2D eigenvalue weighted by Gasteiger charge is -2.09. The van der Waals surface area contributed by atoms with Crippen molar-refractivity contribution in [3.05, 3.63) is 48.3 Å². The molecule has 0 saturated heterocycles. The third-order valence-corrected chi connectivity index (χ3v) is 2.54. The molecule has 2 aromatic rings. The Balaban J connectivity index is 1.89. The van der Waals surface area contributed by atoms with E-state index in [9.17, 15) is 4.39 Å². The lowest BCUT2D eigenvalue weighted by atomic mass is 10.2. The molecule has 96 valence electrons. The fourth-order valence-electron chi connectivity index (χ4n) is 1.66. The highest BCUT2D eigenvalue weighted by atomic mass is 19.1. The van der Waals surface area contributed by atoms with E-state index >= 15 is 0 Å². The number of ether oxygens (including phenoxy) is 1. The molecular weight excluding hydrogens is 233 g/mol. The third kappa shape index (κ3) is 3.30. The average Bonchev–Trinajstić information content (AvgIpc) is 2.85. The first-order valence-electron chi connectivity index (χ1n) is 5.81. The minimum atomic E-state index is -0.326. The van der Waals surface area contributed by atoms with E-state index in [0.717, 1.165) is 5.56 Å². The Morgan fingerprint density at radius 3 is 3.00 bits per heavy atom. The van der Waals surface area contributed by atoms with Crippen LogP contribution in [0, 0.1) is 5.82 Å². The molecule has 0 spiro atoms. The molecule has 1 heterocycles. The standard InChI is InChI=1S/C13H16FN3O/c1-15-9-11-2-3-13(12(14)8-11)18-7-6-17-5-4-16-10-17/h2-5,8,10,15H,6-7,9H2,1H3. The Bertz CT molecular complexity index is 485. The van der Waals surface area contributed by atoms with Gasteiger partial charge in [-0.25, -0.2) is 9.37 Å². The van der Waals surface area contributed by atoms with Crippen LogP contribution in [0.3, 0.4) is 0 Å². The van der Waals surface area contributed by atoms with Crippen LogP contribution in [0.4, 0.5) is 4.39 Å². The highest BCUT2D eigenvalue weighted by Crippen LogP contribution is 2.18. The van der Waals surface area contributed by atoms with Crippen LogP contribution >= 0.6 is 0 Å². The molecule has 0 saturated carbocycles. The second kappa shape index (κ2) is 6.16. The van der Waals surface area contributed by atoms with E-state index in [1.165, 1.54) is 6.07 Å². The Morgan fingerprint density at radius 1 is 1.44 bits per heavy atom. The normalized spacial score (nSPS) is 10.6. The van der Waals surface area contributed by atoms with Gasteiger partial charge < -0.3 is 14.6 Å². The zero-order chi connectivity index (χ0) is 12.8. The van der Waals surface area contributed by atoms with Gasteiger partial charge in [0.05, 0.1) is 12.9 Å². The lowest BCUT2D eigenvalue weighted by Crippen LogP contribution is -2.08. The molecule has 1 aromatic heterocycles. The van der Waals surface area contributed by atoms with Crippen LogP contribution in [-0.2, 0) is 13.1 Å². The van der Waals surface area contributed by atoms with Gasteiger partial charge in [0.25, 0.3) is 0 Å². The Morgan fingerprint density at radius 2 is 2.33 bits per heavy atom. The van der Waals surface area contributed by atoms with Crippen LogP contribution in [-0.4, -0.2) is 23.2 Å². The number of rotatable bonds is 6. The van der Waals surface area contributed by atoms with Crippen LogP contribution in [0.2, 0.25) is 0 Å². The van der Waals surface area contributed by atoms with Gasteiger partial charge in [-0.05, 0) is 24.7 Å². The Labute approximate surface area is 105 Å². The summed E-state index contributed by atoms with van der Waals surface area (Å²) in [5.41, 5.74) is 0.900. The Hall–Kier alpha value is -1.88. The number of imidazole rings is 1. The minimum absolute atomic E-state index is 0.287. The molecule has 0 bridgehead atoms. The maximum Gasteiger partial charge on any atom is 0.165 e. The molecule has 1 aromatic carbocycles. The van der Waals surface area contributed by atoms with E-state index in [0.29, 0.717) is 19.7 Å². The molecule has 0 fully saturated rings. The number of nitrogens with one attached hydrogen (secondary N) is 1. The average molecular weight is 249 g/mol. The zero-order valence-electron chi connectivity index (χ0n) is 10.3. The maximum absolute atomic E-state index is 13.7. The summed E-state index contributed by atoms with van der Waals surface area (Å²) in [6, 6.07) is 5.01. The summed E-state index contributed by atoms with van der Waals surface area (Å²) in [5, 5.41) is 2.97. The minimum Gasteiger partial charge on any atom is -0.489 e. The monoisotopic (exact) mass is 249 g/mol. The number of nitrogens with zero attached hydrogens (tertiary/aromatic N) is 2. The van der Waals surface area contributed by atoms with E-state index in [-0.39, 0.29) is 11.6 Å². The number of benzene rings is 1. The van der Waals surface area contributed by atoms with E-state index < -0.39 is 0 Å². The van der Waals surface area contributed by atoms with Crippen molar-refractivity contribution in [2.24, 2.45) is 0 Å². The van der Waals surface area contributed by atoms with Gasteiger partial charge in [-0.1, -0.05) is 6.07 Å². The molecule has 4 nitrogen and oxygen atoms in total. The number of aromatic nitrogens is 2. The quantitative estimate of drug-likeness (QED) is 0.848. The van der Waals surface area contributed by atoms with E-state index in [2.05, 4.69) is 10.3 Å².